The maximum Gasteiger partial charge on any atom is 0.324 e. The average molecular weight is 281 g/mol. The molecular weight excluding hydrogens is 258 g/mol. The molecule has 20 heavy (non-hydrogen) atoms. The zero-order valence-corrected chi connectivity index (χ0v) is 13.0. The van der Waals surface area contributed by atoms with Crippen molar-refractivity contribution in [1.82, 2.24) is 15.1 Å². The van der Waals surface area contributed by atoms with Crippen molar-refractivity contribution in [2.75, 3.05) is 7.05 Å². The van der Waals surface area contributed by atoms with Crippen molar-refractivity contribution in [1.29, 1.82) is 0 Å². The van der Waals surface area contributed by atoms with Crippen LogP contribution in [0.5, 0.6) is 0 Å². The Kier molecular flexibility index (Phi) is 2.93. The number of imide groups is 1. The lowest BCUT2D eigenvalue weighted by Gasteiger charge is -2.57. The molecule has 0 aromatic heterocycles. The van der Waals surface area contributed by atoms with Gasteiger partial charge < -0.3 is 10.2 Å². The van der Waals surface area contributed by atoms with Crippen LogP contribution in [0.2, 0.25) is 0 Å². The monoisotopic (exact) mass is 281 g/mol. The summed E-state index contributed by atoms with van der Waals surface area (Å²) in [4.78, 5) is 39.2. The third kappa shape index (κ3) is 1.89. The van der Waals surface area contributed by atoms with E-state index in [2.05, 4.69) is 5.32 Å². The number of carbonyl (C=O) groups is 3. The van der Waals surface area contributed by atoms with Crippen LogP contribution in [0.15, 0.2) is 0 Å². The normalized spacial score (nSPS) is 26.9. The number of carbonyl (C=O) groups excluding carboxylic acids is 3. The highest BCUT2D eigenvalue weighted by Crippen LogP contribution is 2.45. The van der Waals surface area contributed by atoms with Gasteiger partial charge in [-0.1, -0.05) is 0 Å². The molecule has 0 atom stereocenters. The number of amides is 4. The number of urea groups is 1. The first-order chi connectivity index (χ1) is 8.93. The minimum absolute atomic E-state index is 0.0139. The van der Waals surface area contributed by atoms with E-state index in [9.17, 15) is 14.4 Å². The number of rotatable bonds is 0. The van der Waals surface area contributed by atoms with E-state index in [4.69, 9.17) is 0 Å². The first kappa shape index (κ1) is 14.8. The molecule has 112 valence electrons. The third-order valence-corrected chi connectivity index (χ3v) is 4.36. The number of hydrogen-bond acceptors (Lipinski definition) is 3. The molecule has 2 rings (SSSR count). The summed E-state index contributed by atoms with van der Waals surface area (Å²) < 4.78 is 0. The summed E-state index contributed by atoms with van der Waals surface area (Å²) in [5.41, 5.74) is -1.89. The van der Waals surface area contributed by atoms with Crippen LogP contribution in [-0.2, 0) is 9.59 Å². The lowest BCUT2D eigenvalue weighted by Crippen LogP contribution is -2.70. The van der Waals surface area contributed by atoms with E-state index in [1.165, 1.54) is 7.05 Å². The lowest BCUT2D eigenvalue weighted by molar-refractivity contribution is -0.156. The van der Waals surface area contributed by atoms with Gasteiger partial charge in [0.1, 0.15) is 5.54 Å². The molecule has 2 aliphatic rings. The Labute approximate surface area is 119 Å². The molecule has 1 spiro atoms. The summed E-state index contributed by atoms with van der Waals surface area (Å²) in [6, 6.07) is -0.363. The Morgan fingerprint density at radius 1 is 1.10 bits per heavy atom. The first-order valence-electron chi connectivity index (χ1n) is 6.84. The van der Waals surface area contributed by atoms with Crippen LogP contribution >= 0.6 is 0 Å². The van der Waals surface area contributed by atoms with Crippen molar-refractivity contribution in [3.63, 3.8) is 0 Å². The molecule has 6 heteroatoms. The van der Waals surface area contributed by atoms with Gasteiger partial charge in [-0.2, -0.15) is 0 Å². The maximum absolute atomic E-state index is 12.5. The molecular formula is C14H23N3O3. The van der Waals surface area contributed by atoms with Crippen molar-refractivity contribution >= 4 is 17.8 Å². The van der Waals surface area contributed by atoms with E-state index in [-0.39, 0.29) is 17.8 Å². The Balaban J connectivity index is 2.47. The second-order valence-corrected chi connectivity index (χ2v) is 7.21. The molecule has 0 unspecified atom stereocenters. The molecule has 2 aliphatic heterocycles. The number of nitrogens with zero attached hydrogens (tertiary/aromatic N) is 2. The smallest absolute Gasteiger partial charge is 0.324 e. The van der Waals surface area contributed by atoms with Crippen LogP contribution in [0.25, 0.3) is 0 Å². The number of likely N-dealkylation sites (tertiary alicyclic amines) is 1. The molecule has 2 heterocycles. The SMILES string of the molecule is CC(=O)N1C(C)(C)CC2(CC1(C)C)NC(=O)N(C)C2=O. The van der Waals surface area contributed by atoms with Crippen molar-refractivity contribution < 1.29 is 14.4 Å². The van der Waals surface area contributed by atoms with Gasteiger partial charge in [0.15, 0.2) is 0 Å². The highest BCUT2D eigenvalue weighted by molar-refractivity contribution is 6.07. The fourth-order valence-corrected chi connectivity index (χ4v) is 4.36. The van der Waals surface area contributed by atoms with E-state index < -0.39 is 16.6 Å². The largest absolute Gasteiger partial charge is 0.332 e. The van der Waals surface area contributed by atoms with Crippen LogP contribution < -0.4 is 5.32 Å². The van der Waals surface area contributed by atoms with Crippen molar-refractivity contribution in [3.8, 4) is 0 Å². The average Bonchev–Trinajstić information content (AvgIpc) is 2.38. The zero-order valence-electron chi connectivity index (χ0n) is 13.0. The van der Waals surface area contributed by atoms with Crippen molar-refractivity contribution in [3.05, 3.63) is 0 Å². The van der Waals surface area contributed by atoms with E-state index in [1.807, 2.05) is 32.6 Å². The number of nitrogens with one attached hydrogen (secondary N) is 1. The summed E-state index contributed by atoms with van der Waals surface area (Å²) in [5, 5.41) is 2.84. The Morgan fingerprint density at radius 3 is 1.85 bits per heavy atom. The van der Waals surface area contributed by atoms with Gasteiger partial charge in [-0.25, -0.2) is 4.79 Å². The standard InChI is InChI=1S/C14H23N3O3/c1-9(18)17-12(2,3)7-14(8-13(17,4)5)10(19)16(6)11(20)15-14/h7-8H2,1-6H3,(H,15,20). The van der Waals surface area contributed by atoms with Gasteiger partial charge in [-0.3, -0.25) is 14.5 Å². The van der Waals surface area contributed by atoms with Crippen molar-refractivity contribution in [2.24, 2.45) is 0 Å². The minimum atomic E-state index is -0.898. The molecule has 2 saturated heterocycles. The predicted molar refractivity (Wildman–Crippen MR) is 73.9 cm³/mol. The van der Waals surface area contributed by atoms with Crippen LogP contribution in [0.1, 0.15) is 47.5 Å². The second-order valence-electron chi connectivity index (χ2n) is 7.21. The van der Waals surface area contributed by atoms with Gasteiger partial charge in [0.2, 0.25) is 5.91 Å². The number of hydrogen-bond donors (Lipinski definition) is 1. The van der Waals surface area contributed by atoms with E-state index in [0.29, 0.717) is 12.8 Å². The van der Waals surface area contributed by atoms with Gasteiger partial charge in [-0.05, 0) is 27.7 Å². The highest BCUT2D eigenvalue weighted by Gasteiger charge is 2.61. The lowest BCUT2D eigenvalue weighted by atomic mass is 9.69. The molecule has 0 aliphatic carbocycles. The number of piperidine rings is 1. The number of likely N-dealkylation sites (N-methyl/N-ethyl adjacent to an activating group) is 1. The quantitative estimate of drug-likeness (QED) is 0.676. The predicted octanol–water partition coefficient (Wildman–Crippen LogP) is 1.11. The highest BCUT2D eigenvalue weighted by atomic mass is 16.2. The van der Waals surface area contributed by atoms with E-state index >= 15 is 0 Å². The fourth-order valence-electron chi connectivity index (χ4n) is 4.36. The molecule has 6 nitrogen and oxygen atoms in total. The second kappa shape index (κ2) is 3.96. The van der Waals surface area contributed by atoms with Crippen LogP contribution in [0, 0.1) is 0 Å². The van der Waals surface area contributed by atoms with Crippen LogP contribution in [0.3, 0.4) is 0 Å². The summed E-state index contributed by atoms with van der Waals surface area (Å²) in [7, 11) is 1.49. The summed E-state index contributed by atoms with van der Waals surface area (Å²) in [6.07, 6.45) is 0.857. The van der Waals surface area contributed by atoms with E-state index in [0.717, 1.165) is 4.90 Å². The van der Waals surface area contributed by atoms with Crippen LogP contribution in [-0.4, -0.2) is 51.3 Å². The van der Waals surface area contributed by atoms with Gasteiger partial charge in [-0.15, -0.1) is 0 Å². The Bertz CT molecular complexity index is 478. The first-order valence-corrected chi connectivity index (χ1v) is 6.84. The third-order valence-electron chi connectivity index (χ3n) is 4.36. The Hall–Kier alpha value is -1.59. The molecule has 1 N–H and O–H groups in total. The molecule has 0 aromatic rings. The van der Waals surface area contributed by atoms with Crippen molar-refractivity contribution in [2.45, 2.75) is 64.1 Å². The van der Waals surface area contributed by atoms with Gasteiger partial charge >= 0.3 is 6.03 Å². The van der Waals surface area contributed by atoms with Gasteiger partial charge in [0, 0.05) is 37.9 Å². The Morgan fingerprint density at radius 2 is 1.55 bits per heavy atom. The zero-order chi connectivity index (χ0) is 15.5. The molecule has 0 aromatic carbocycles. The molecule has 0 saturated carbocycles. The van der Waals surface area contributed by atoms with E-state index in [1.54, 1.807) is 6.92 Å². The fraction of sp³-hybridized carbons (Fsp3) is 0.786. The molecule has 2 fully saturated rings. The summed E-state index contributed by atoms with van der Waals surface area (Å²) in [6.45, 7) is 9.30. The van der Waals surface area contributed by atoms with Crippen LogP contribution in [0.4, 0.5) is 4.79 Å². The summed E-state index contributed by atoms with van der Waals surface area (Å²) >= 11 is 0. The minimum Gasteiger partial charge on any atom is -0.332 e. The topological polar surface area (TPSA) is 69.7 Å². The van der Waals surface area contributed by atoms with Gasteiger partial charge in [0.25, 0.3) is 5.91 Å². The molecule has 4 amide bonds. The maximum atomic E-state index is 12.5. The summed E-state index contributed by atoms with van der Waals surface area (Å²) in [5.74, 6) is -0.216. The van der Waals surface area contributed by atoms with Gasteiger partial charge in [0.05, 0.1) is 0 Å². The molecule has 0 bridgehead atoms. The molecule has 0 radical (unpaired) electrons.